The van der Waals surface area contributed by atoms with Crippen molar-refractivity contribution in [3.8, 4) is 5.75 Å². The van der Waals surface area contributed by atoms with Gasteiger partial charge in [0.15, 0.2) is 11.6 Å². The van der Waals surface area contributed by atoms with Crippen LogP contribution in [0.25, 0.3) is 0 Å². The Morgan fingerprint density at radius 3 is 2.32 bits per heavy atom. The fourth-order valence-corrected chi connectivity index (χ4v) is 1.86. The zero-order chi connectivity index (χ0) is 16.1. The van der Waals surface area contributed by atoms with Gasteiger partial charge in [-0.15, -0.1) is 0 Å². The average Bonchev–Trinajstić information content (AvgIpc) is 2.52. The lowest BCUT2D eigenvalue weighted by Crippen LogP contribution is -2.22. The summed E-state index contributed by atoms with van der Waals surface area (Å²) in [6, 6.07) is 10.1. The molecule has 1 amide bonds. The molecule has 0 aromatic heterocycles. The zero-order valence-corrected chi connectivity index (χ0v) is 11.8. The molecule has 2 rings (SSSR count). The number of nitrogens with one attached hydrogen (secondary N) is 1. The van der Waals surface area contributed by atoms with E-state index < -0.39 is 17.7 Å². The zero-order valence-electron chi connectivity index (χ0n) is 11.8. The number of ether oxygens (including phenoxy) is 1. The summed E-state index contributed by atoms with van der Waals surface area (Å²) in [5, 5.41) is 11.4. The van der Waals surface area contributed by atoms with Gasteiger partial charge in [-0.25, -0.2) is 9.18 Å². The Kier molecular flexibility index (Phi) is 4.73. The fraction of sp³-hybridized carbons (Fsp3) is 0.125. The lowest BCUT2D eigenvalue weighted by molar-refractivity contribution is 0.0696. The van der Waals surface area contributed by atoms with E-state index in [0.717, 1.165) is 11.6 Å². The van der Waals surface area contributed by atoms with Crippen LogP contribution < -0.4 is 10.1 Å². The first kappa shape index (κ1) is 15.5. The van der Waals surface area contributed by atoms with Gasteiger partial charge in [-0.05, 0) is 35.9 Å². The molecule has 0 radical (unpaired) electrons. The number of halogens is 1. The Labute approximate surface area is 126 Å². The molecule has 0 fully saturated rings. The summed E-state index contributed by atoms with van der Waals surface area (Å²) in [6.45, 7) is 0.215. The van der Waals surface area contributed by atoms with Gasteiger partial charge in [-0.1, -0.05) is 12.1 Å². The van der Waals surface area contributed by atoms with Crippen LogP contribution in [-0.4, -0.2) is 24.1 Å². The maximum Gasteiger partial charge on any atom is 0.335 e. The molecular formula is C16H14FNO4. The number of carboxylic acid groups (broad SMARTS) is 1. The maximum absolute atomic E-state index is 13.5. The highest BCUT2D eigenvalue weighted by atomic mass is 19.1. The van der Waals surface area contributed by atoms with E-state index in [1.807, 2.05) is 0 Å². The van der Waals surface area contributed by atoms with Crippen molar-refractivity contribution in [2.75, 3.05) is 7.11 Å². The average molecular weight is 303 g/mol. The molecule has 0 aliphatic rings. The Bertz CT molecular complexity index is 698. The van der Waals surface area contributed by atoms with E-state index in [9.17, 15) is 14.0 Å². The third kappa shape index (κ3) is 3.60. The number of benzene rings is 2. The van der Waals surface area contributed by atoms with Crippen molar-refractivity contribution in [3.05, 3.63) is 65.0 Å². The Morgan fingerprint density at radius 2 is 1.77 bits per heavy atom. The molecule has 114 valence electrons. The van der Waals surface area contributed by atoms with Crippen LogP contribution in [0, 0.1) is 5.82 Å². The number of hydrogen-bond donors (Lipinski definition) is 2. The third-order valence-corrected chi connectivity index (χ3v) is 3.07. The highest BCUT2D eigenvalue weighted by molar-refractivity contribution is 5.94. The lowest BCUT2D eigenvalue weighted by atomic mass is 10.1. The Balaban J connectivity index is 2.00. The number of carbonyl (C=O) groups excluding carboxylic acids is 1. The lowest BCUT2D eigenvalue weighted by Gasteiger charge is -2.07. The Hall–Kier alpha value is -2.89. The predicted molar refractivity (Wildman–Crippen MR) is 77.5 cm³/mol. The first-order valence-electron chi connectivity index (χ1n) is 6.45. The van der Waals surface area contributed by atoms with Crippen LogP contribution >= 0.6 is 0 Å². The van der Waals surface area contributed by atoms with Crippen LogP contribution in [0.4, 0.5) is 4.39 Å². The van der Waals surface area contributed by atoms with Gasteiger partial charge in [0.25, 0.3) is 5.91 Å². The predicted octanol–water partition coefficient (Wildman–Crippen LogP) is 2.46. The van der Waals surface area contributed by atoms with Crippen LogP contribution in [0.15, 0.2) is 42.5 Å². The summed E-state index contributed by atoms with van der Waals surface area (Å²) in [4.78, 5) is 22.7. The number of methoxy groups -OCH3 is 1. The summed E-state index contributed by atoms with van der Waals surface area (Å²) < 4.78 is 18.3. The molecule has 0 atom stereocenters. The standard InChI is InChI=1S/C16H14FNO4/c1-22-14-7-6-12(8-13(14)17)15(19)18-9-10-2-4-11(5-3-10)16(20)21/h2-8H,9H2,1H3,(H,18,19)(H,20,21). The normalized spacial score (nSPS) is 10.1. The molecule has 0 aliphatic heterocycles. The topological polar surface area (TPSA) is 75.6 Å². The van der Waals surface area contributed by atoms with E-state index in [1.165, 1.54) is 31.4 Å². The number of aromatic carboxylic acids is 1. The van der Waals surface area contributed by atoms with Gasteiger partial charge >= 0.3 is 5.97 Å². The Morgan fingerprint density at radius 1 is 1.14 bits per heavy atom. The van der Waals surface area contributed by atoms with Crippen LogP contribution in [0.2, 0.25) is 0 Å². The minimum absolute atomic E-state index is 0.0702. The molecule has 2 aromatic carbocycles. The van der Waals surface area contributed by atoms with Crippen LogP contribution in [0.3, 0.4) is 0 Å². The van der Waals surface area contributed by atoms with E-state index in [2.05, 4.69) is 5.32 Å². The second kappa shape index (κ2) is 6.71. The van der Waals surface area contributed by atoms with Gasteiger partial charge in [0.1, 0.15) is 0 Å². The third-order valence-electron chi connectivity index (χ3n) is 3.07. The molecule has 2 N–H and O–H groups in total. The van der Waals surface area contributed by atoms with E-state index in [0.29, 0.717) is 0 Å². The summed E-state index contributed by atoms with van der Waals surface area (Å²) in [7, 11) is 1.35. The molecule has 0 heterocycles. The first-order valence-corrected chi connectivity index (χ1v) is 6.45. The van der Waals surface area contributed by atoms with Crippen molar-refractivity contribution < 1.29 is 23.8 Å². The fourth-order valence-electron chi connectivity index (χ4n) is 1.86. The molecule has 0 unspecified atom stereocenters. The molecule has 5 nitrogen and oxygen atoms in total. The maximum atomic E-state index is 13.5. The number of carbonyl (C=O) groups is 2. The van der Waals surface area contributed by atoms with Gasteiger partial charge in [-0.2, -0.15) is 0 Å². The first-order chi connectivity index (χ1) is 10.5. The number of rotatable bonds is 5. The molecule has 2 aromatic rings. The number of hydrogen-bond acceptors (Lipinski definition) is 3. The minimum Gasteiger partial charge on any atom is -0.494 e. The van der Waals surface area contributed by atoms with Crippen molar-refractivity contribution in [1.82, 2.24) is 5.32 Å². The van der Waals surface area contributed by atoms with E-state index in [1.54, 1.807) is 12.1 Å². The molecule has 0 saturated heterocycles. The summed E-state index contributed by atoms with van der Waals surface area (Å²) in [5.41, 5.74) is 1.10. The molecule has 0 spiro atoms. The quantitative estimate of drug-likeness (QED) is 0.889. The minimum atomic E-state index is -1.01. The van der Waals surface area contributed by atoms with E-state index in [-0.39, 0.29) is 23.4 Å². The number of carboxylic acids is 1. The summed E-state index contributed by atoms with van der Waals surface area (Å²) in [5.74, 6) is -1.98. The largest absolute Gasteiger partial charge is 0.494 e. The van der Waals surface area contributed by atoms with Crippen LogP contribution in [0.1, 0.15) is 26.3 Å². The number of amides is 1. The SMILES string of the molecule is COc1ccc(C(=O)NCc2ccc(C(=O)O)cc2)cc1F. The second-order valence-corrected chi connectivity index (χ2v) is 4.53. The molecule has 0 saturated carbocycles. The van der Waals surface area contributed by atoms with Gasteiger partial charge < -0.3 is 15.2 Å². The van der Waals surface area contributed by atoms with Gasteiger partial charge in [0, 0.05) is 12.1 Å². The highest BCUT2D eigenvalue weighted by Crippen LogP contribution is 2.17. The molecule has 0 aliphatic carbocycles. The summed E-state index contributed by atoms with van der Waals surface area (Å²) >= 11 is 0. The van der Waals surface area contributed by atoms with Gasteiger partial charge in [0.2, 0.25) is 0 Å². The van der Waals surface area contributed by atoms with Crippen molar-refractivity contribution in [2.45, 2.75) is 6.54 Å². The van der Waals surface area contributed by atoms with Gasteiger partial charge in [-0.3, -0.25) is 4.79 Å². The highest BCUT2D eigenvalue weighted by Gasteiger charge is 2.10. The van der Waals surface area contributed by atoms with E-state index in [4.69, 9.17) is 9.84 Å². The summed E-state index contributed by atoms with van der Waals surface area (Å²) in [6.07, 6.45) is 0. The second-order valence-electron chi connectivity index (χ2n) is 4.53. The van der Waals surface area contributed by atoms with Crippen LogP contribution in [0.5, 0.6) is 5.75 Å². The smallest absolute Gasteiger partial charge is 0.335 e. The molecular weight excluding hydrogens is 289 g/mol. The van der Waals surface area contributed by atoms with Crippen molar-refractivity contribution in [3.63, 3.8) is 0 Å². The van der Waals surface area contributed by atoms with Crippen molar-refractivity contribution >= 4 is 11.9 Å². The molecule has 0 bridgehead atoms. The van der Waals surface area contributed by atoms with Crippen LogP contribution in [-0.2, 0) is 6.54 Å². The van der Waals surface area contributed by atoms with Gasteiger partial charge in [0.05, 0.1) is 12.7 Å². The van der Waals surface area contributed by atoms with E-state index >= 15 is 0 Å². The molecule has 22 heavy (non-hydrogen) atoms. The van der Waals surface area contributed by atoms with Crippen molar-refractivity contribution in [2.24, 2.45) is 0 Å². The van der Waals surface area contributed by atoms with Crippen molar-refractivity contribution in [1.29, 1.82) is 0 Å². The monoisotopic (exact) mass is 303 g/mol. The molecule has 6 heteroatoms.